The van der Waals surface area contributed by atoms with Gasteiger partial charge in [-0.05, 0) is 109 Å². The van der Waals surface area contributed by atoms with Crippen molar-refractivity contribution < 1.29 is 51.0 Å². The van der Waals surface area contributed by atoms with Crippen molar-refractivity contribution in [2.75, 3.05) is 0 Å². The summed E-state index contributed by atoms with van der Waals surface area (Å²) in [5.41, 5.74) is 10.2. The maximum absolute atomic E-state index is 4.43. The van der Waals surface area contributed by atoms with Crippen LogP contribution >= 0.6 is 16.4 Å². The number of pyridine rings is 2. The van der Waals surface area contributed by atoms with E-state index in [4.69, 9.17) is 0 Å². The molecule has 2 aromatic heterocycles. The third-order valence-electron chi connectivity index (χ3n) is 5.72. The maximum atomic E-state index is 4.43. The molecule has 4 heterocycles. The summed E-state index contributed by atoms with van der Waals surface area (Å²) in [7, 11) is 2.72. The van der Waals surface area contributed by atoms with E-state index in [0.717, 1.165) is 11.4 Å². The number of rotatable bonds is 2. The largest absolute Gasteiger partial charge is 2.00 e. The number of hydrogen-bond acceptors (Lipinski definition) is 2. The maximum Gasteiger partial charge on any atom is 2.00 e. The van der Waals surface area contributed by atoms with Gasteiger partial charge in [-0.2, -0.15) is 0 Å². The average molecular weight is 613 g/mol. The van der Waals surface area contributed by atoms with Crippen LogP contribution in [0.2, 0.25) is 0 Å². The van der Waals surface area contributed by atoms with Gasteiger partial charge in [0.15, 0.2) is 0 Å². The molecule has 0 bridgehead atoms. The number of nitrogens with zero attached hydrogens (tertiary/aromatic N) is 2. The van der Waals surface area contributed by atoms with E-state index in [2.05, 4.69) is 74.1 Å². The SMILES string of the molecule is CC1=PC2=C(C)C=C(c3ccccn3)C2=C1.CC1=PC2=C(C)C=C(c3ccccn3)C2=C1.[Cl-].[Cl-].[Zr+2]. The Morgan fingerprint density at radius 1 is 0.543 bits per heavy atom. The van der Waals surface area contributed by atoms with Gasteiger partial charge in [0, 0.05) is 34.2 Å². The molecule has 0 aromatic carbocycles. The Labute approximate surface area is 242 Å². The summed E-state index contributed by atoms with van der Waals surface area (Å²) in [5, 5.41) is 5.76. The molecule has 2 aromatic rings. The zero-order valence-corrected chi connectivity index (χ0v) is 25.7. The van der Waals surface area contributed by atoms with E-state index in [1.165, 1.54) is 71.1 Å². The molecule has 0 amide bonds. The van der Waals surface area contributed by atoms with Crippen molar-refractivity contribution in [3.63, 3.8) is 0 Å². The molecule has 6 rings (SSSR count). The number of aromatic nitrogens is 2. The Kier molecular flexibility index (Phi) is 10.8. The van der Waals surface area contributed by atoms with Crippen LogP contribution in [-0.4, -0.2) is 20.6 Å². The molecule has 0 fully saturated rings. The Balaban J connectivity index is 0.000000227. The van der Waals surface area contributed by atoms with Crippen LogP contribution in [0.5, 0.6) is 0 Å². The van der Waals surface area contributed by atoms with Crippen LogP contribution in [0.4, 0.5) is 0 Å². The van der Waals surface area contributed by atoms with E-state index in [-0.39, 0.29) is 51.0 Å². The predicted molar refractivity (Wildman–Crippen MR) is 141 cm³/mol. The quantitative estimate of drug-likeness (QED) is 0.483. The van der Waals surface area contributed by atoms with E-state index in [9.17, 15) is 0 Å². The van der Waals surface area contributed by atoms with Crippen LogP contribution in [0.1, 0.15) is 39.1 Å². The van der Waals surface area contributed by atoms with Crippen LogP contribution < -0.4 is 24.8 Å². The van der Waals surface area contributed by atoms with E-state index in [1.54, 1.807) is 0 Å². The van der Waals surface area contributed by atoms with Gasteiger partial charge < -0.3 is 24.8 Å². The minimum atomic E-state index is 0. The first kappa shape index (κ1) is 29.8. The smallest absolute Gasteiger partial charge is 1.00 e. The molecule has 0 spiro atoms. The van der Waals surface area contributed by atoms with Gasteiger partial charge in [-0.15, -0.1) is 0 Å². The van der Waals surface area contributed by atoms with Crippen LogP contribution in [-0.2, 0) is 26.2 Å². The number of allylic oxidation sites excluding steroid dienone is 12. The predicted octanol–water partition coefficient (Wildman–Crippen LogP) is 1.67. The van der Waals surface area contributed by atoms with Gasteiger partial charge in [-0.1, -0.05) is 28.5 Å². The monoisotopic (exact) mass is 610 g/mol. The second-order valence-electron chi connectivity index (χ2n) is 8.23. The molecular formula is C28H24Cl2N2P2Zr. The van der Waals surface area contributed by atoms with Crippen molar-refractivity contribution in [1.29, 1.82) is 0 Å². The van der Waals surface area contributed by atoms with Gasteiger partial charge in [-0.25, -0.2) is 0 Å². The molecule has 0 saturated heterocycles. The molecule has 0 N–H and O–H groups in total. The first-order chi connectivity index (χ1) is 15.5. The molecule has 7 heteroatoms. The minimum absolute atomic E-state index is 0. The fourth-order valence-electron chi connectivity index (χ4n) is 4.30. The Morgan fingerprint density at radius 3 is 1.29 bits per heavy atom. The van der Waals surface area contributed by atoms with Crippen molar-refractivity contribution in [3.05, 3.63) is 117 Å². The fourth-order valence-corrected chi connectivity index (χ4v) is 6.48. The zero-order valence-electron chi connectivity index (χ0n) is 20.0. The second-order valence-corrected chi connectivity index (χ2v) is 11.0. The van der Waals surface area contributed by atoms with Crippen LogP contribution in [0, 0.1) is 0 Å². The number of fused-ring (bicyclic) bond motifs is 2. The average Bonchev–Trinajstić information content (AvgIpc) is 3.53. The Morgan fingerprint density at radius 2 is 0.943 bits per heavy atom. The van der Waals surface area contributed by atoms with Crippen LogP contribution in [0.25, 0.3) is 11.1 Å². The molecule has 2 aliphatic heterocycles. The minimum Gasteiger partial charge on any atom is -1.00 e. The summed E-state index contributed by atoms with van der Waals surface area (Å²) in [4.78, 5) is 8.87. The van der Waals surface area contributed by atoms with Crippen LogP contribution in [0.3, 0.4) is 0 Å². The summed E-state index contributed by atoms with van der Waals surface area (Å²) in [5.74, 6) is 0. The molecule has 0 unspecified atom stereocenters. The molecule has 4 aliphatic rings. The van der Waals surface area contributed by atoms with Gasteiger partial charge in [0.2, 0.25) is 0 Å². The molecule has 174 valence electrons. The molecule has 2 aliphatic carbocycles. The van der Waals surface area contributed by atoms with Crippen molar-refractivity contribution >= 4 is 38.1 Å². The van der Waals surface area contributed by atoms with Crippen molar-refractivity contribution in [2.24, 2.45) is 0 Å². The van der Waals surface area contributed by atoms with Gasteiger partial charge in [0.1, 0.15) is 0 Å². The normalized spacial score (nSPS) is 17.6. The van der Waals surface area contributed by atoms with Gasteiger partial charge in [0.05, 0.1) is 11.4 Å². The number of hydrogen-bond donors (Lipinski definition) is 0. The number of halogens is 2. The summed E-state index contributed by atoms with van der Waals surface area (Å²) < 4.78 is 0. The summed E-state index contributed by atoms with van der Waals surface area (Å²) >= 11 is 0. The molecule has 0 atom stereocenters. The summed E-state index contributed by atoms with van der Waals surface area (Å²) in [6, 6.07) is 12.2. The Hall–Kier alpha value is -1.46. The molecule has 35 heavy (non-hydrogen) atoms. The standard InChI is InChI=1S/2C14H12NP.2ClH.Zr/c2*1-9-7-11(13-5-3-4-6-15-13)12-8-10(2)16-14(9)12;;;/h2*3-8H,1-2H3;2*1H;/q;;;;+2/p-2. The Bertz CT molecular complexity index is 1270. The van der Waals surface area contributed by atoms with Crippen molar-refractivity contribution in [1.82, 2.24) is 9.97 Å². The first-order valence-corrected chi connectivity index (χ1v) is 12.5. The molecular weight excluding hydrogens is 588 g/mol. The topological polar surface area (TPSA) is 25.8 Å². The zero-order chi connectivity index (χ0) is 22.2. The van der Waals surface area contributed by atoms with E-state index >= 15 is 0 Å². The van der Waals surface area contributed by atoms with Gasteiger partial charge >= 0.3 is 26.2 Å². The fraction of sp³-hybridized carbons (Fsp3) is 0.143. The molecule has 2 nitrogen and oxygen atoms in total. The summed E-state index contributed by atoms with van der Waals surface area (Å²) in [6.45, 7) is 8.74. The van der Waals surface area contributed by atoms with Gasteiger partial charge in [-0.3, -0.25) is 9.97 Å². The molecule has 0 radical (unpaired) electrons. The van der Waals surface area contributed by atoms with Crippen LogP contribution in [0.15, 0.2) is 106 Å². The van der Waals surface area contributed by atoms with Crippen molar-refractivity contribution in [2.45, 2.75) is 27.7 Å². The van der Waals surface area contributed by atoms with Crippen molar-refractivity contribution in [3.8, 4) is 0 Å². The third kappa shape index (κ3) is 6.10. The molecule has 0 saturated carbocycles. The van der Waals surface area contributed by atoms with E-state index in [0.29, 0.717) is 0 Å². The van der Waals surface area contributed by atoms with E-state index < -0.39 is 0 Å². The van der Waals surface area contributed by atoms with E-state index in [1.807, 2.05) is 36.7 Å². The third-order valence-corrected chi connectivity index (χ3v) is 8.32. The first-order valence-electron chi connectivity index (χ1n) is 10.7. The second kappa shape index (κ2) is 12.7. The van der Waals surface area contributed by atoms with Gasteiger partial charge in [0.25, 0.3) is 0 Å². The summed E-state index contributed by atoms with van der Waals surface area (Å²) in [6.07, 6.45) is 12.8.